The maximum absolute atomic E-state index is 11.4. The van der Waals surface area contributed by atoms with Crippen LogP contribution < -0.4 is 5.73 Å². The van der Waals surface area contributed by atoms with E-state index in [-0.39, 0.29) is 5.91 Å². The van der Waals surface area contributed by atoms with Crippen LogP contribution in [-0.4, -0.2) is 49.8 Å². The molecule has 1 aliphatic heterocycles. The van der Waals surface area contributed by atoms with Crippen molar-refractivity contribution in [2.75, 3.05) is 26.9 Å². The summed E-state index contributed by atoms with van der Waals surface area (Å²) in [5, 5.41) is 0. The minimum absolute atomic E-state index is 0.334. The van der Waals surface area contributed by atoms with E-state index >= 15 is 0 Å². The topological polar surface area (TPSA) is 64.8 Å². The van der Waals surface area contributed by atoms with Gasteiger partial charge >= 0.3 is 0 Å². The number of ether oxygens (including phenoxy) is 2. The zero-order chi connectivity index (χ0) is 16.2. The van der Waals surface area contributed by atoms with Crippen LogP contribution in [0.15, 0.2) is 24.3 Å². The molecular formula is C18H26N2O3. The number of rotatable bonds is 5. The first-order valence-corrected chi connectivity index (χ1v) is 8.42. The van der Waals surface area contributed by atoms with Crippen LogP contribution in [0.3, 0.4) is 0 Å². The molecule has 1 aliphatic carbocycles. The Balaban J connectivity index is 1.74. The average Bonchev–Trinajstić information content (AvgIpc) is 3.04. The quantitative estimate of drug-likeness (QED) is 0.899. The van der Waals surface area contributed by atoms with E-state index in [0.717, 1.165) is 38.3 Å². The van der Waals surface area contributed by atoms with E-state index in [1.807, 2.05) is 19.2 Å². The van der Waals surface area contributed by atoms with Gasteiger partial charge in [-0.2, -0.15) is 0 Å². The number of morpholine rings is 1. The lowest BCUT2D eigenvalue weighted by atomic mass is 9.93. The third-order valence-corrected chi connectivity index (χ3v) is 5.18. The summed E-state index contributed by atoms with van der Waals surface area (Å²) in [5.74, 6) is 0.153. The van der Waals surface area contributed by atoms with Crippen molar-refractivity contribution in [3.63, 3.8) is 0 Å². The monoisotopic (exact) mass is 318 g/mol. The fourth-order valence-corrected chi connectivity index (χ4v) is 3.99. The van der Waals surface area contributed by atoms with Crippen molar-refractivity contribution in [1.29, 1.82) is 0 Å². The molecule has 1 amide bonds. The molecule has 0 bridgehead atoms. The summed E-state index contributed by atoms with van der Waals surface area (Å²) in [6.07, 6.45) is 3.90. The molecular weight excluding hydrogens is 292 g/mol. The second kappa shape index (κ2) is 7.43. The number of hydrogen-bond acceptors (Lipinski definition) is 4. The third-order valence-electron chi connectivity index (χ3n) is 5.18. The van der Waals surface area contributed by atoms with E-state index in [4.69, 9.17) is 15.2 Å². The average molecular weight is 318 g/mol. The number of hydrogen-bond donors (Lipinski definition) is 1. The van der Waals surface area contributed by atoms with Gasteiger partial charge in [-0.3, -0.25) is 9.69 Å². The van der Waals surface area contributed by atoms with Crippen molar-refractivity contribution in [1.82, 2.24) is 4.90 Å². The molecule has 5 heteroatoms. The Morgan fingerprint density at radius 1 is 1.43 bits per heavy atom. The molecule has 2 N–H and O–H groups in total. The molecule has 1 aromatic carbocycles. The number of benzene rings is 1. The van der Waals surface area contributed by atoms with Gasteiger partial charge in [0, 0.05) is 37.7 Å². The summed E-state index contributed by atoms with van der Waals surface area (Å²) < 4.78 is 11.4. The minimum atomic E-state index is -0.374. The van der Waals surface area contributed by atoms with Crippen molar-refractivity contribution in [2.24, 2.45) is 11.7 Å². The van der Waals surface area contributed by atoms with Crippen LogP contribution in [0, 0.1) is 5.92 Å². The molecule has 23 heavy (non-hydrogen) atoms. The molecule has 1 aromatic rings. The van der Waals surface area contributed by atoms with Gasteiger partial charge in [-0.05, 0) is 30.5 Å². The fraction of sp³-hybridized carbons (Fsp3) is 0.611. The molecule has 3 atom stereocenters. The molecule has 126 valence electrons. The Morgan fingerprint density at radius 2 is 2.30 bits per heavy atom. The third kappa shape index (κ3) is 3.74. The van der Waals surface area contributed by atoms with Crippen molar-refractivity contribution in [3.8, 4) is 0 Å². The SMILES string of the molecule is CO[C@@H]1CCC[C@@H]1[C@H]1COCCN1Cc1cccc(C(N)=O)c1. The van der Waals surface area contributed by atoms with Gasteiger partial charge < -0.3 is 15.2 Å². The Morgan fingerprint density at radius 3 is 3.09 bits per heavy atom. The predicted molar refractivity (Wildman–Crippen MR) is 88.1 cm³/mol. The molecule has 2 aliphatic rings. The highest BCUT2D eigenvalue weighted by molar-refractivity contribution is 5.92. The number of nitrogens with zero attached hydrogens (tertiary/aromatic N) is 1. The molecule has 0 spiro atoms. The van der Waals surface area contributed by atoms with Gasteiger partial charge in [-0.1, -0.05) is 18.6 Å². The van der Waals surface area contributed by atoms with Gasteiger partial charge in [0.05, 0.1) is 19.3 Å². The lowest BCUT2D eigenvalue weighted by Crippen LogP contribution is -2.50. The van der Waals surface area contributed by atoms with E-state index in [1.165, 1.54) is 12.8 Å². The summed E-state index contributed by atoms with van der Waals surface area (Å²) in [4.78, 5) is 13.9. The van der Waals surface area contributed by atoms with Crippen LogP contribution in [0.5, 0.6) is 0 Å². The number of primary amides is 1. The highest BCUT2D eigenvalue weighted by Crippen LogP contribution is 2.34. The van der Waals surface area contributed by atoms with Crippen LogP contribution in [0.4, 0.5) is 0 Å². The molecule has 1 saturated heterocycles. The van der Waals surface area contributed by atoms with Gasteiger partial charge in [0.2, 0.25) is 5.91 Å². The smallest absolute Gasteiger partial charge is 0.248 e. The van der Waals surface area contributed by atoms with Crippen LogP contribution in [0.2, 0.25) is 0 Å². The zero-order valence-electron chi connectivity index (χ0n) is 13.7. The van der Waals surface area contributed by atoms with Crippen LogP contribution >= 0.6 is 0 Å². The highest BCUT2D eigenvalue weighted by atomic mass is 16.5. The van der Waals surface area contributed by atoms with E-state index in [2.05, 4.69) is 11.0 Å². The largest absolute Gasteiger partial charge is 0.381 e. The number of carbonyl (C=O) groups is 1. The maximum Gasteiger partial charge on any atom is 0.248 e. The van der Waals surface area contributed by atoms with Gasteiger partial charge in [0.1, 0.15) is 0 Å². The van der Waals surface area contributed by atoms with Crippen molar-refractivity contribution < 1.29 is 14.3 Å². The minimum Gasteiger partial charge on any atom is -0.381 e. The molecule has 2 fully saturated rings. The van der Waals surface area contributed by atoms with Gasteiger partial charge in [0.15, 0.2) is 0 Å². The molecule has 1 heterocycles. The van der Waals surface area contributed by atoms with Crippen LogP contribution in [0.1, 0.15) is 35.2 Å². The van der Waals surface area contributed by atoms with Gasteiger partial charge in [-0.15, -0.1) is 0 Å². The number of amides is 1. The second-order valence-electron chi connectivity index (χ2n) is 6.55. The zero-order valence-corrected chi connectivity index (χ0v) is 13.7. The van der Waals surface area contributed by atoms with Crippen LogP contribution in [0.25, 0.3) is 0 Å². The first-order valence-electron chi connectivity index (χ1n) is 8.42. The first kappa shape index (κ1) is 16.4. The number of carbonyl (C=O) groups excluding carboxylic acids is 1. The maximum atomic E-state index is 11.4. The van der Waals surface area contributed by atoms with Crippen LogP contribution in [-0.2, 0) is 16.0 Å². The number of nitrogens with two attached hydrogens (primary N) is 1. The fourth-order valence-electron chi connectivity index (χ4n) is 3.99. The van der Waals surface area contributed by atoms with E-state index in [1.54, 1.807) is 6.07 Å². The van der Waals surface area contributed by atoms with E-state index in [9.17, 15) is 4.79 Å². The summed E-state index contributed by atoms with van der Waals surface area (Å²) >= 11 is 0. The Hall–Kier alpha value is -1.43. The summed E-state index contributed by atoms with van der Waals surface area (Å²) in [7, 11) is 1.81. The molecule has 1 saturated carbocycles. The summed E-state index contributed by atoms with van der Waals surface area (Å²) in [5.41, 5.74) is 7.09. The second-order valence-corrected chi connectivity index (χ2v) is 6.55. The number of methoxy groups -OCH3 is 1. The standard InChI is InChI=1S/C18H26N2O3/c1-22-17-7-3-6-15(17)16-12-23-9-8-20(16)11-13-4-2-5-14(10-13)18(19)21/h2,4-5,10,15-17H,3,6-9,11-12H2,1H3,(H2,19,21)/t15-,16-,17-/m1/s1. The Bertz CT molecular complexity index is 549. The van der Waals surface area contributed by atoms with Crippen molar-refractivity contribution in [3.05, 3.63) is 35.4 Å². The molecule has 0 aromatic heterocycles. The summed E-state index contributed by atoms with van der Waals surface area (Å²) in [6, 6.07) is 8.01. The molecule has 0 unspecified atom stereocenters. The van der Waals surface area contributed by atoms with E-state index in [0.29, 0.717) is 23.6 Å². The lowest BCUT2D eigenvalue weighted by molar-refractivity contribution is -0.0608. The van der Waals surface area contributed by atoms with Crippen molar-refractivity contribution in [2.45, 2.75) is 38.0 Å². The molecule has 5 nitrogen and oxygen atoms in total. The Labute approximate surface area is 137 Å². The van der Waals surface area contributed by atoms with E-state index < -0.39 is 0 Å². The Kier molecular flexibility index (Phi) is 5.30. The lowest BCUT2D eigenvalue weighted by Gasteiger charge is -2.40. The van der Waals surface area contributed by atoms with Gasteiger partial charge in [0.25, 0.3) is 0 Å². The molecule has 3 rings (SSSR count). The summed E-state index contributed by atoms with van der Waals surface area (Å²) in [6.45, 7) is 3.26. The predicted octanol–water partition coefficient (Wildman–Crippen LogP) is 1.80. The normalized spacial score (nSPS) is 28.8. The first-order chi connectivity index (χ1) is 11.2. The van der Waals surface area contributed by atoms with Crippen molar-refractivity contribution >= 4 is 5.91 Å². The van der Waals surface area contributed by atoms with Gasteiger partial charge in [-0.25, -0.2) is 0 Å². The molecule has 0 radical (unpaired) electrons. The highest BCUT2D eigenvalue weighted by Gasteiger charge is 2.38.